The quantitative estimate of drug-likeness (QED) is 0.842. The summed E-state index contributed by atoms with van der Waals surface area (Å²) in [5, 5.41) is 0. The van der Waals surface area contributed by atoms with Crippen molar-refractivity contribution in [3.8, 4) is 0 Å². The predicted octanol–water partition coefficient (Wildman–Crippen LogP) is 2.99. The lowest BCUT2D eigenvalue weighted by Crippen LogP contribution is -2.47. The highest BCUT2D eigenvalue weighted by molar-refractivity contribution is 7.92. The Morgan fingerprint density at radius 2 is 1.83 bits per heavy atom. The van der Waals surface area contributed by atoms with Gasteiger partial charge in [-0.3, -0.25) is 4.31 Å². The first-order valence-electron chi connectivity index (χ1n) is 8.37. The summed E-state index contributed by atoms with van der Waals surface area (Å²) in [6.45, 7) is 3.90. The van der Waals surface area contributed by atoms with Gasteiger partial charge in [-0.05, 0) is 50.7 Å². The normalized spacial score (nSPS) is 23.8. The molecule has 0 radical (unpaired) electrons. The molecule has 0 aliphatic carbocycles. The molecule has 1 saturated heterocycles. The molecule has 0 N–H and O–H groups in total. The summed E-state index contributed by atoms with van der Waals surface area (Å²) in [7, 11) is -1.43. The highest BCUT2D eigenvalue weighted by Crippen LogP contribution is 2.47. The van der Waals surface area contributed by atoms with E-state index >= 15 is 0 Å². The highest BCUT2D eigenvalue weighted by atomic mass is 32.2. The zero-order chi connectivity index (χ0) is 16.9. The lowest BCUT2D eigenvalue weighted by molar-refractivity contribution is 0.237. The molecular weight excluding hydrogens is 320 g/mol. The smallest absolute Gasteiger partial charge is 0.264 e. The highest BCUT2D eigenvalue weighted by Gasteiger charge is 2.46. The van der Waals surface area contributed by atoms with E-state index in [-0.39, 0.29) is 12.0 Å². The third kappa shape index (κ3) is 2.34. The van der Waals surface area contributed by atoms with E-state index in [1.807, 2.05) is 18.2 Å². The average molecular weight is 342 g/mol. The van der Waals surface area contributed by atoms with Crippen molar-refractivity contribution in [3.05, 3.63) is 59.7 Å². The number of anilines is 1. The first-order valence-corrected chi connectivity index (χ1v) is 9.81. The van der Waals surface area contributed by atoms with E-state index in [1.165, 1.54) is 11.1 Å². The molecular formula is C19H22N2O2S. The Morgan fingerprint density at radius 3 is 2.58 bits per heavy atom. The first-order chi connectivity index (χ1) is 11.5. The van der Waals surface area contributed by atoms with E-state index in [4.69, 9.17) is 0 Å². The molecule has 2 heterocycles. The molecule has 2 aliphatic heterocycles. The summed E-state index contributed by atoms with van der Waals surface area (Å²) in [6.07, 6.45) is 0.862. The number of piperidine rings is 1. The standard InChI is InChI=1S/C19H22N2O2S/c1-14-8-9-18-16(12-14)17-13-20(2)11-10-19(17)21(18)24(22,23)15-6-4-3-5-7-15/h3-9,12,17,19H,10-11,13H2,1-2H3/t17-,19-/m1/s1. The maximum Gasteiger partial charge on any atom is 0.264 e. The van der Waals surface area contributed by atoms with Crippen LogP contribution in [0.1, 0.15) is 23.5 Å². The van der Waals surface area contributed by atoms with Crippen LogP contribution in [0.4, 0.5) is 5.69 Å². The van der Waals surface area contributed by atoms with Crippen LogP contribution in [0, 0.1) is 6.92 Å². The third-order valence-electron chi connectivity index (χ3n) is 5.20. The predicted molar refractivity (Wildman–Crippen MR) is 95.9 cm³/mol. The van der Waals surface area contributed by atoms with Gasteiger partial charge in [0.2, 0.25) is 0 Å². The van der Waals surface area contributed by atoms with E-state index in [0.29, 0.717) is 4.90 Å². The molecule has 2 aromatic rings. The van der Waals surface area contributed by atoms with Crippen LogP contribution in [0.3, 0.4) is 0 Å². The number of likely N-dealkylation sites (tertiary alicyclic amines) is 1. The summed E-state index contributed by atoms with van der Waals surface area (Å²) >= 11 is 0. The van der Waals surface area contributed by atoms with E-state index in [9.17, 15) is 8.42 Å². The van der Waals surface area contributed by atoms with Crippen LogP contribution in [0.15, 0.2) is 53.4 Å². The molecule has 5 heteroatoms. The Balaban J connectivity index is 1.87. The minimum atomic E-state index is -3.54. The Morgan fingerprint density at radius 1 is 1.08 bits per heavy atom. The minimum absolute atomic E-state index is 0.0169. The fourth-order valence-corrected chi connectivity index (χ4v) is 5.82. The van der Waals surface area contributed by atoms with Crippen molar-refractivity contribution in [1.29, 1.82) is 0 Å². The van der Waals surface area contributed by atoms with Crippen LogP contribution >= 0.6 is 0 Å². The number of fused-ring (bicyclic) bond motifs is 3. The molecule has 1 fully saturated rings. The second-order valence-electron chi connectivity index (χ2n) is 6.90. The van der Waals surface area contributed by atoms with Crippen molar-refractivity contribution >= 4 is 15.7 Å². The van der Waals surface area contributed by atoms with Crippen molar-refractivity contribution in [1.82, 2.24) is 4.90 Å². The summed E-state index contributed by atoms with van der Waals surface area (Å²) in [5.74, 6) is 0.247. The molecule has 4 rings (SSSR count). The number of aryl methyl sites for hydroxylation is 1. The molecule has 4 nitrogen and oxygen atoms in total. The number of hydrogen-bond donors (Lipinski definition) is 0. The maximum absolute atomic E-state index is 13.3. The van der Waals surface area contributed by atoms with Crippen molar-refractivity contribution in [2.45, 2.75) is 30.2 Å². The lowest BCUT2D eigenvalue weighted by Gasteiger charge is -2.36. The Kier molecular flexibility index (Phi) is 3.66. The van der Waals surface area contributed by atoms with Gasteiger partial charge in [0.25, 0.3) is 10.0 Å². The Labute approximate surface area is 143 Å². The molecule has 2 aliphatic rings. The van der Waals surface area contributed by atoms with Gasteiger partial charge >= 0.3 is 0 Å². The van der Waals surface area contributed by atoms with Crippen LogP contribution in [-0.2, 0) is 10.0 Å². The number of rotatable bonds is 2. The largest absolute Gasteiger partial charge is 0.306 e. The van der Waals surface area contributed by atoms with Gasteiger partial charge in [-0.15, -0.1) is 0 Å². The molecule has 2 aromatic carbocycles. The zero-order valence-corrected chi connectivity index (χ0v) is 14.8. The fraction of sp³-hybridized carbons (Fsp3) is 0.368. The Hall–Kier alpha value is -1.85. The van der Waals surface area contributed by atoms with E-state index in [0.717, 1.165) is 25.2 Å². The topological polar surface area (TPSA) is 40.6 Å². The Bertz CT molecular complexity index is 864. The van der Waals surface area contributed by atoms with Crippen LogP contribution in [-0.4, -0.2) is 39.5 Å². The summed E-state index contributed by atoms with van der Waals surface area (Å²) in [6, 6.07) is 14.9. The van der Waals surface area contributed by atoms with Crippen molar-refractivity contribution < 1.29 is 8.42 Å². The number of sulfonamides is 1. The van der Waals surface area contributed by atoms with Crippen molar-refractivity contribution in [3.63, 3.8) is 0 Å². The van der Waals surface area contributed by atoms with E-state index in [1.54, 1.807) is 28.6 Å². The zero-order valence-electron chi connectivity index (χ0n) is 14.0. The van der Waals surface area contributed by atoms with Crippen LogP contribution in [0.2, 0.25) is 0 Å². The van der Waals surface area contributed by atoms with Crippen LogP contribution in [0.5, 0.6) is 0 Å². The molecule has 0 aromatic heterocycles. The third-order valence-corrected chi connectivity index (χ3v) is 7.05. The van der Waals surface area contributed by atoms with Gasteiger partial charge in [-0.25, -0.2) is 8.42 Å². The van der Waals surface area contributed by atoms with Gasteiger partial charge in [0.15, 0.2) is 0 Å². The van der Waals surface area contributed by atoms with Gasteiger partial charge in [-0.2, -0.15) is 0 Å². The fourth-order valence-electron chi connectivity index (χ4n) is 4.05. The molecule has 2 atom stereocenters. The number of benzene rings is 2. The van der Waals surface area contributed by atoms with E-state index < -0.39 is 10.0 Å². The second-order valence-corrected chi connectivity index (χ2v) is 8.72. The molecule has 24 heavy (non-hydrogen) atoms. The molecule has 0 saturated carbocycles. The van der Waals surface area contributed by atoms with Gasteiger partial charge in [0, 0.05) is 12.5 Å². The van der Waals surface area contributed by atoms with E-state index in [2.05, 4.69) is 24.9 Å². The van der Waals surface area contributed by atoms with Gasteiger partial charge in [0.05, 0.1) is 16.6 Å². The minimum Gasteiger partial charge on any atom is -0.306 e. The lowest BCUT2D eigenvalue weighted by atomic mass is 9.89. The molecule has 0 bridgehead atoms. The summed E-state index contributed by atoms with van der Waals surface area (Å²) < 4.78 is 28.4. The first kappa shape index (κ1) is 15.7. The number of nitrogens with zero attached hydrogens (tertiary/aromatic N) is 2. The SMILES string of the molecule is Cc1ccc2c(c1)[C@H]1CN(C)CC[C@H]1N2S(=O)(=O)c1ccccc1. The van der Waals surface area contributed by atoms with Crippen molar-refractivity contribution in [2.75, 3.05) is 24.4 Å². The molecule has 0 spiro atoms. The number of likely N-dealkylation sites (N-methyl/N-ethyl adjacent to an activating group) is 1. The van der Waals surface area contributed by atoms with Crippen LogP contribution in [0.25, 0.3) is 0 Å². The van der Waals surface area contributed by atoms with Gasteiger partial charge in [0.1, 0.15) is 0 Å². The van der Waals surface area contributed by atoms with Gasteiger partial charge < -0.3 is 4.90 Å². The van der Waals surface area contributed by atoms with Crippen LogP contribution < -0.4 is 4.31 Å². The molecule has 126 valence electrons. The monoisotopic (exact) mass is 342 g/mol. The number of hydrogen-bond acceptors (Lipinski definition) is 3. The summed E-state index contributed by atoms with van der Waals surface area (Å²) in [4.78, 5) is 2.67. The second kappa shape index (κ2) is 5.60. The summed E-state index contributed by atoms with van der Waals surface area (Å²) in [5.41, 5.74) is 3.21. The van der Waals surface area contributed by atoms with Crippen molar-refractivity contribution in [2.24, 2.45) is 0 Å². The molecule has 0 unspecified atom stereocenters. The van der Waals surface area contributed by atoms with Gasteiger partial charge in [-0.1, -0.05) is 35.9 Å². The average Bonchev–Trinajstić information content (AvgIpc) is 2.89. The maximum atomic E-state index is 13.3. The molecule has 0 amide bonds.